The Morgan fingerprint density at radius 2 is 2.50 bits per heavy atom. The molecule has 1 aliphatic rings. The highest BCUT2D eigenvalue weighted by Crippen LogP contribution is 2.04. The van der Waals surface area contributed by atoms with Crippen LogP contribution in [0.4, 0.5) is 0 Å². The van der Waals surface area contributed by atoms with Crippen LogP contribution in [0.15, 0.2) is 0 Å². The summed E-state index contributed by atoms with van der Waals surface area (Å²) in [5.41, 5.74) is 0. The van der Waals surface area contributed by atoms with Crippen LogP contribution in [0.1, 0.15) is 6.42 Å². The van der Waals surface area contributed by atoms with Crippen molar-refractivity contribution >= 4 is 11.8 Å². The van der Waals surface area contributed by atoms with E-state index in [-0.39, 0.29) is 0 Å². The Hall–Kier alpha value is 0.310. The zero-order valence-electron chi connectivity index (χ0n) is 3.68. The highest BCUT2D eigenvalue weighted by Gasteiger charge is 1.95. The summed E-state index contributed by atoms with van der Waals surface area (Å²) in [6, 6.07) is 0. The Bertz CT molecular complexity index is 23.0. The lowest BCUT2D eigenvalue weighted by Gasteiger charge is -2.06. The van der Waals surface area contributed by atoms with E-state index < -0.39 is 0 Å². The van der Waals surface area contributed by atoms with E-state index in [1.165, 1.54) is 12.2 Å². The van der Waals surface area contributed by atoms with Crippen molar-refractivity contribution in [2.45, 2.75) is 6.42 Å². The summed E-state index contributed by atoms with van der Waals surface area (Å²) in [5.74, 6) is 2.36. The van der Waals surface area contributed by atoms with E-state index >= 15 is 0 Å². The van der Waals surface area contributed by atoms with Gasteiger partial charge >= 0.3 is 0 Å². The molecule has 0 aliphatic carbocycles. The lowest BCUT2D eigenvalue weighted by atomic mass is 10.5. The molecule has 0 aromatic heterocycles. The molecule has 1 saturated heterocycles. The van der Waals surface area contributed by atoms with Gasteiger partial charge < -0.3 is 0 Å². The molecule has 2 heteroatoms. The van der Waals surface area contributed by atoms with Crippen molar-refractivity contribution in [3.8, 4) is 0 Å². The summed E-state index contributed by atoms with van der Waals surface area (Å²) < 4.78 is 0. The third kappa shape index (κ3) is 1.19. The van der Waals surface area contributed by atoms with Crippen LogP contribution in [0.3, 0.4) is 0 Å². The first kappa shape index (κ1) is 4.47. The zero-order chi connectivity index (χ0) is 4.24. The fourth-order valence-electron chi connectivity index (χ4n) is 0.472. The van der Waals surface area contributed by atoms with E-state index in [1.54, 1.807) is 0 Å². The number of nitrogens with zero attached hydrogens (tertiary/aromatic N) is 1. The highest BCUT2D eigenvalue weighted by atomic mass is 32.2. The van der Waals surface area contributed by atoms with E-state index in [0.29, 0.717) is 0 Å². The predicted molar refractivity (Wildman–Crippen MR) is 28.9 cm³/mol. The molecule has 0 saturated carbocycles. The molecule has 1 heterocycles. The van der Waals surface area contributed by atoms with Crippen LogP contribution in [-0.4, -0.2) is 18.2 Å². The maximum absolute atomic E-state index is 4.14. The fourth-order valence-corrected chi connectivity index (χ4v) is 1.19. The molecule has 1 fully saturated rings. The van der Waals surface area contributed by atoms with Gasteiger partial charge in [-0.1, -0.05) is 0 Å². The zero-order valence-corrected chi connectivity index (χ0v) is 4.50. The van der Waals surface area contributed by atoms with Gasteiger partial charge in [0.1, 0.15) is 0 Å². The van der Waals surface area contributed by atoms with Crippen molar-refractivity contribution in [2.75, 3.05) is 18.2 Å². The Kier molecular flexibility index (Phi) is 1.85. The van der Waals surface area contributed by atoms with Crippen LogP contribution in [0, 0.1) is 0 Å². The minimum absolute atomic E-state index is 1.04. The lowest BCUT2D eigenvalue weighted by molar-refractivity contribution is 0.726. The highest BCUT2D eigenvalue weighted by molar-refractivity contribution is 7.99. The molecule has 0 amide bonds. The normalized spacial score (nSPS) is 24.0. The molecule has 35 valence electrons. The number of hydrogen-bond donors (Lipinski definition) is 0. The van der Waals surface area contributed by atoms with Gasteiger partial charge in [-0.25, -0.2) is 5.32 Å². The SMILES string of the molecule is C1C[N]CSC1. The summed E-state index contributed by atoms with van der Waals surface area (Å²) in [7, 11) is 0. The standard InChI is InChI=1S/C4H8NS/c1-2-5-4-6-3-1/h1-4H2. The quantitative estimate of drug-likeness (QED) is 0.439. The molecule has 1 aliphatic heterocycles. The van der Waals surface area contributed by atoms with Crippen LogP contribution < -0.4 is 5.32 Å². The summed E-state index contributed by atoms with van der Waals surface area (Å²) in [6.45, 7) is 1.10. The van der Waals surface area contributed by atoms with Crippen LogP contribution in [0.25, 0.3) is 0 Å². The van der Waals surface area contributed by atoms with Crippen molar-refractivity contribution in [1.82, 2.24) is 5.32 Å². The first-order valence-electron chi connectivity index (χ1n) is 2.21. The first-order valence-corrected chi connectivity index (χ1v) is 3.36. The lowest BCUT2D eigenvalue weighted by Crippen LogP contribution is -2.12. The van der Waals surface area contributed by atoms with E-state index in [4.69, 9.17) is 0 Å². The summed E-state index contributed by atoms with van der Waals surface area (Å²) in [5, 5.41) is 4.14. The molecule has 1 rings (SSSR count). The topological polar surface area (TPSA) is 14.1 Å². The van der Waals surface area contributed by atoms with Gasteiger partial charge in [-0.05, 0) is 12.2 Å². The second kappa shape index (κ2) is 2.48. The second-order valence-electron chi connectivity index (χ2n) is 1.34. The molecule has 0 unspecified atom stereocenters. The molecule has 1 nitrogen and oxygen atoms in total. The van der Waals surface area contributed by atoms with Gasteiger partial charge in [-0.3, -0.25) is 0 Å². The molecular weight excluding hydrogens is 94.1 g/mol. The summed E-state index contributed by atoms with van der Waals surface area (Å²) >= 11 is 1.93. The van der Waals surface area contributed by atoms with Crippen LogP contribution in [0.5, 0.6) is 0 Å². The molecule has 0 aromatic carbocycles. The van der Waals surface area contributed by atoms with Crippen molar-refractivity contribution < 1.29 is 0 Å². The first-order chi connectivity index (χ1) is 3.00. The monoisotopic (exact) mass is 102 g/mol. The molecule has 0 atom stereocenters. The van der Waals surface area contributed by atoms with Crippen molar-refractivity contribution in [3.63, 3.8) is 0 Å². The van der Waals surface area contributed by atoms with Crippen molar-refractivity contribution in [3.05, 3.63) is 0 Å². The molecule has 0 N–H and O–H groups in total. The van der Waals surface area contributed by atoms with Gasteiger partial charge in [0.25, 0.3) is 0 Å². The average Bonchev–Trinajstić information content (AvgIpc) is 1.72. The van der Waals surface area contributed by atoms with Gasteiger partial charge in [-0.15, -0.1) is 11.8 Å². The molecule has 0 bridgehead atoms. The van der Waals surface area contributed by atoms with Crippen molar-refractivity contribution in [1.29, 1.82) is 0 Å². The van der Waals surface area contributed by atoms with E-state index in [2.05, 4.69) is 5.32 Å². The third-order valence-electron chi connectivity index (χ3n) is 0.787. The van der Waals surface area contributed by atoms with Crippen molar-refractivity contribution in [2.24, 2.45) is 0 Å². The van der Waals surface area contributed by atoms with Crippen LogP contribution >= 0.6 is 11.8 Å². The van der Waals surface area contributed by atoms with Gasteiger partial charge in [-0.2, -0.15) is 0 Å². The molecular formula is C4H8NS. The minimum atomic E-state index is 1.04. The number of thioether (sulfide) groups is 1. The van der Waals surface area contributed by atoms with E-state index in [1.807, 2.05) is 11.8 Å². The van der Waals surface area contributed by atoms with Gasteiger partial charge in [0.15, 0.2) is 0 Å². The van der Waals surface area contributed by atoms with E-state index in [0.717, 1.165) is 12.4 Å². The second-order valence-corrected chi connectivity index (χ2v) is 2.41. The minimum Gasteiger partial charge on any atom is -0.231 e. The Labute approximate surface area is 42.5 Å². The Morgan fingerprint density at radius 3 is 2.67 bits per heavy atom. The summed E-state index contributed by atoms with van der Waals surface area (Å²) in [4.78, 5) is 0. The Morgan fingerprint density at radius 1 is 1.50 bits per heavy atom. The molecule has 1 radical (unpaired) electrons. The largest absolute Gasteiger partial charge is 0.231 e. The molecule has 6 heavy (non-hydrogen) atoms. The van der Waals surface area contributed by atoms with Gasteiger partial charge in [0.2, 0.25) is 0 Å². The maximum Gasteiger partial charge on any atom is 0.0590 e. The Balaban J connectivity index is 2.00. The van der Waals surface area contributed by atoms with E-state index in [9.17, 15) is 0 Å². The van der Waals surface area contributed by atoms with Gasteiger partial charge in [0, 0.05) is 6.54 Å². The summed E-state index contributed by atoms with van der Waals surface area (Å²) in [6.07, 6.45) is 1.30. The molecule has 0 aromatic rings. The number of hydrogen-bond acceptors (Lipinski definition) is 1. The predicted octanol–water partition coefficient (Wildman–Crippen LogP) is 0.685. The fraction of sp³-hybridized carbons (Fsp3) is 1.00. The molecule has 0 spiro atoms. The van der Waals surface area contributed by atoms with Gasteiger partial charge in [0.05, 0.1) is 5.88 Å². The maximum atomic E-state index is 4.14. The number of rotatable bonds is 0. The average molecular weight is 102 g/mol. The third-order valence-corrected chi connectivity index (χ3v) is 1.73. The smallest absolute Gasteiger partial charge is 0.0590 e. The van der Waals surface area contributed by atoms with Crippen LogP contribution in [0.2, 0.25) is 0 Å². The van der Waals surface area contributed by atoms with Crippen LogP contribution in [-0.2, 0) is 0 Å².